The van der Waals surface area contributed by atoms with E-state index in [1.807, 2.05) is 12.3 Å². The molecular formula is C18H31N3O. The highest BCUT2D eigenvalue weighted by Crippen LogP contribution is 2.16. The summed E-state index contributed by atoms with van der Waals surface area (Å²) < 4.78 is 5.70. The van der Waals surface area contributed by atoms with Crippen molar-refractivity contribution in [3.05, 3.63) is 30.1 Å². The Kier molecular flexibility index (Phi) is 7.85. The van der Waals surface area contributed by atoms with Crippen LogP contribution in [0.2, 0.25) is 0 Å². The standard InChI is InChI=1S/C18H31N3O/c1-16(2)22-14-6-13-21(15-17-7-3-4-11-20-17)18-8-5-10-19-12-9-18/h3-4,7,11,16,18-19H,5-6,8-10,12-15H2,1-2H3. The number of nitrogens with one attached hydrogen (secondary N) is 1. The zero-order valence-corrected chi connectivity index (χ0v) is 14.1. The predicted molar refractivity (Wildman–Crippen MR) is 90.9 cm³/mol. The maximum Gasteiger partial charge on any atom is 0.0544 e. The summed E-state index contributed by atoms with van der Waals surface area (Å²) in [5, 5.41) is 3.51. The Bertz CT molecular complexity index is 389. The van der Waals surface area contributed by atoms with E-state index in [-0.39, 0.29) is 0 Å². The number of rotatable bonds is 8. The quantitative estimate of drug-likeness (QED) is 0.750. The Hall–Kier alpha value is -0.970. The van der Waals surface area contributed by atoms with Gasteiger partial charge in [0.15, 0.2) is 0 Å². The molecule has 22 heavy (non-hydrogen) atoms. The molecule has 1 saturated heterocycles. The molecular weight excluding hydrogens is 274 g/mol. The van der Waals surface area contributed by atoms with Gasteiger partial charge in [-0.15, -0.1) is 0 Å². The second-order valence-electron chi connectivity index (χ2n) is 6.40. The van der Waals surface area contributed by atoms with Crippen molar-refractivity contribution in [3.63, 3.8) is 0 Å². The second kappa shape index (κ2) is 9.93. The van der Waals surface area contributed by atoms with Gasteiger partial charge in [0.1, 0.15) is 0 Å². The number of nitrogens with zero attached hydrogens (tertiary/aromatic N) is 2. The van der Waals surface area contributed by atoms with Crippen LogP contribution in [0.1, 0.15) is 45.2 Å². The number of aromatic nitrogens is 1. The molecule has 0 amide bonds. The molecule has 1 aromatic heterocycles. The number of ether oxygens (including phenoxy) is 1. The molecule has 2 rings (SSSR count). The van der Waals surface area contributed by atoms with Crippen molar-refractivity contribution in [2.45, 2.75) is 58.2 Å². The Balaban J connectivity index is 1.90. The first-order chi connectivity index (χ1) is 10.8. The molecule has 0 aromatic carbocycles. The van der Waals surface area contributed by atoms with Gasteiger partial charge < -0.3 is 10.1 Å². The third kappa shape index (κ3) is 6.42. The van der Waals surface area contributed by atoms with Crippen LogP contribution in [0.3, 0.4) is 0 Å². The van der Waals surface area contributed by atoms with Gasteiger partial charge in [-0.3, -0.25) is 9.88 Å². The van der Waals surface area contributed by atoms with Crippen molar-refractivity contribution >= 4 is 0 Å². The lowest BCUT2D eigenvalue weighted by molar-refractivity contribution is 0.0641. The van der Waals surface area contributed by atoms with E-state index in [1.54, 1.807) is 0 Å². The first-order valence-electron chi connectivity index (χ1n) is 8.72. The second-order valence-corrected chi connectivity index (χ2v) is 6.40. The molecule has 0 aliphatic carbocycles. The van der Waals surface area contributed by atoms with Crippen LogP contribution in [0, 0.1) is 0 Å². The van der Waals surface area contributed by atoms with Gasteiger partial charge in [-0.1, -0.05) is 6.07 Å². The van der Waals surface area contributed by atoms with E-state index in [2.05, 4.69) is 41.2 Å². The maximum atomic E-state index is 5.70. The predicted octanol–water partition coefficient (Wildman–Crippen LogP) is 2.84. The third-order valence-electron chi connectivity index (χ3n) is 4.19. The summed E-state index contributed by atoms with van der Waals surface area (Å²) in [4.78, 5) is 7.11. The van der Waals surface area contributed by atoms with Crippen molar-refractivity contribution in [2.24, 2.45) is 0 Å². The van der Waals surface area contributed by atoms with Crippen LogP contribution in [0.15, 0.2) is 24.4 Å². The Morgan fingerprint density at radius 2 is 2.23 bits per heavy atom. The fourth-order valence-electron chi connectivity index (χ4n) is 3.04. The molecule has 2 heterocycles. The van der Waals surface area contributed by atoms with Gasteiger partial charge in [0, 0.05) is 31.9 Å². The molecule has 1 N–H and O–H groups in total. The minimum absolute atomic E-state index is 0.325. The highest BCUT2D eigenvalue weighted by molar-refractivity contribution is 5.03. The number of hydrogen-bond donors (Lipinski definition) is 1. The molecule has 1 aliphatic heterocycles. The molecule has 0 saturated carbocycles. The largest absolute Gasteiger partial charge is 0.379 e. The van der Waals surface area contributed by atoms with E-state index >= 15 is 0 Å². The lowest BCUT2D eigenvalue weighted by atomic mass is 10.1. The minimum atomic E-state index is 0.325. The lowest BCUT2D eigenvalue weighted by Gasteiger charge is -2.31. The Labute approximate surface area is 135 Å². The van der Waals surface area contributed by atoms with Crippen LogP contribution in [0.25, 0.3) is 0 Å². The van der Waals surface area contributed by atoms with Gasteiger partial charge >= 0.3 is 0 Å². The lowest BCUT2D eigenvalue weighted by Crippen LogP contribution is -2.37. The zero-order valence-electron chi connectivity index (χ0n) is 14.1. The van der Waals surface area contributed by atoms with Crippen LogP contribution < -0.4 is 5.32 Å². The van der Waals surface area contributed by atoms with Crippen molar-refractivity contribution in [1.82, 2.24) is 15.2 Å². The molecule has 1 aliphatic rings. The summed E-state index contributed by atoms with van der Waals surface area (Å²) in [7, 11) is 0. The highest BCUT2D eigenvalue weighted by atomic mass is 16.5. The first-order valence-corrected chi connectivity index (χ1v) is 8.72. The SMILES string of the molecule is CC(C)OCCCN(Cc1ccccn1)C1CCCNCC1. The summed E-state index contributed by atoms with van der Waals surface area (Å²) in [6.07, 6.45) is 7.10. The van der Waals surface area contributed by atoms with Gasteiger partial charge in [0.2, 0.25) is 0 Å². The summed E-state index contributed by atoms with van der Waals surface area (Å²) >= 11 is 0. The van der Waals surface area contributed by atoms with Crippen LogP contribution in [-0.4, -0.2) is 48.3 Å². The average molecular weight is 305 g/mol. The molecule has 1 aromatic rings. The molecule has 4 nitrogen and oxygen atoms in total. The molecule has 124 valence electrons. The molecule has 1 atom stereocenters. The van der Waals surface area contributed by atoms with E-state index in [0.717, 1.165) is 39.2 Å². The molecule has 4 heteroatoms. The normalized spacial score (nSPS) is 19.5. The number of hydrogen-bond acceptors (Lipinski definition) is 4. The highest BCUT2D eigenvalue weighted by Gasteiger charge is 2.20. The smallest absolute Gasteiger partial charge is 0.0544 e. The molecule has 1 unspecified atom stereocenters. The Morgan fingerprint density at radius 1 is 1.32 bits per heavy atom. The maximum absolute atomic E-state index is 5.70. The Morgan fingerprint density at radius 3 is 3.00 bits per heavy atom. The van der Waals surface area contributed by atoms with Crippen molar-refractivity contribution in [2.75, 3.05) is 26.2 Å². The molecule has 0 radical (unpaired) electrons. The van der Waals surface area contributed by atoms with E-state index in [0.29, 0.717) is 12.1 Å². The number of pyridine rings is 1. The van der Waals surface area contributed by atoms with E-state index < -0.39 is 0 Å². The zero-order chi connectivity index (χ0) is 15.6. The van der Waals surface area contributed by atoms with E-state index in [9.17, 15) is 0 Å². The summed E-state index contributed by atoms with van der Waals surface area (Å²) in [6, 6.07) is 6.86. The molecule has 0 spiro atoms. The summed E-state index contributed by atoms with van der Waals surface area (Å²) in [5.74, 6) is 0. The van der Waals surface area contributed by atoms with Crippen LogP contribution in [-0.2, 0) is 11.3 Å². The molecule has 0 bridgehead atoms. The topological polar surface area (TPSA) is 37.4 Å². The van der Waals surface area contributed by atoms with Gasteiger partial charge in [-0.25, -0.2) is 0 Å². The van der Waals surface area contributed by atoms with Gasteiger partial charge in [0.25, 0.3) is 0 Å². The third-order valence-corrected chi connectivity index (χ3v) is 4.19. The summed E-state index contributed by atoms with van der Waals surface area (Å²) in [6.45, 7) is 9.38. The fourth-order valence-corrected chi connectivity index (χ4v) is 3.04. The van der Waals surface area contributed by atoms with Crippen LogP contribution in [0.4, 0.5) is 0 Å². The van der Waals surface area contributed by atoms with Gasteiger partial charge in [0.05, 0.1) is 11.8 Å². The monoisotopic (exact) mass is 305 g/mol. The van der Waals surface area contributed by atoms with E-state index in [4.69, 9.17) is 4.74 Å². The fraction of sp³-hybridized carbons (Fsp3) is 0.722. The van der Waals surface area contributed by atoms with Gasteiger partial charge in [-0.05, 0) is 64.8 Å². The van der Waals surface area contributed by atoms with E-state index in [1.165, 1.54) is 25.0 Å². The molecule has 1 fully saturated rings. The van der Waals surface area contributed by atoms with Crippen molar-refractivity contribution < 1.29 is 4.74 Å². The van der Waals surface area contributed by atoms with Crippen molar-refractivity contribution in [1.29, 1.82) is 0 Å². The van der Waals surface area contributed by atoms with Gasteiger partial charge in [-0.2, -0.15) is 0 Å². The minimum Gasteiger partial charge on any atom is -0.379 e. The average Bonchev–Trinajstić information content (AvgIpc) is 2.80. The van der Waals surface area contributed by atoms with Crippen LogP contribution in [0.5, 0.6) is 0 Å². The van der Waals surface area contributed by atoms with Crippen LogP contribution >= 0.6 is 0 Å². The van der Waals surface area contributed by atoms with Crippen molar-refractivity contribution in [3.8, 4) is 0 Å². The summed E-state index contributed by atoms with van der Waals surface area (Å²) in [5.41, 5.74) is 1.17. The first kappa shape index (κ1) is 17.4.